The Morgan fingerprint density at radius 1 is 1.50 bits per heavy atom. The Bertz CT molecular complexity index is 386. The first-order valence-electron chi connectivity index (χ1n) is 6.04. The number of ketones is 1. The number of carbonyl (C=O) groups is 1. The summed E-state index contributed by atoms with van der Waals surface area (Å²) in [5, 5.41) is 14.0. The molecule has 0 aromatic rings. The first-order valence-corrected chi connectivity index (χ1v) is 7.44. The van der Waals surface area contributed by atoms with Gasteiger partial charge in [-0.1, -0.05) is 25.9 Å². The second-order valence-corrected chi connectivity index (χ2v) is 6.00. The molecule has 0 unspecified atom stereocenters. The Morgan fingerprint density at radius 3 is 2.67 bits per heavy atom. The van der Waals surface area contributed by atoms with Crippen LogP contribution < -0.4 is 0 Å². The summed E-state index contributed by atoms with van der Waals surface area (Å²) in [7, 11) is 0. The molecule has 18 heavy (non-hydrogen) atoms. The molecule has 0 amide bonds. The molecule has 0 aromatic heterocycles. The number of aliphatic hydroxyl groups is 1. The maximum atomic E-state index is 12.1. The van der Waals surface area contributed by atoms with Crippen molar-refractivity contribution in [3.8, 4) is 0 Å². The summed E-state index contributed by atoms with van der Waals surface area (Å²) in [4.78, 5) is 17.2. The third-order valence-electron chi connectivity index (χ3n) is 2.82. The molecule has 0 radical (unpaired) electrons. The molecular weight excluding hydrogens is 250 g/mol. The molecule has 1 aliphatic rings. The number of hydrogen-bond donors (Lipinski definition) is 1. The van der Waals surface area contributed by atoms with Gasteiger partial charge >= 0.3 is 0 Å². The normalized spacial score (nSPS) is 20.2. The number of aliphatic hydroxyl groups excluding tert-OH is 1. The molecule has 4 nitrogen and oxygen atoms in total. The van der Waals surface area contributed by atoms with Crippen molar-refractivity contribution in [2.75, 3.05) is 12.2 Å². The smallest absolute Gasteiger partial charge is 0.168 e. The highest BCUT2D eigenvalue weighted by Gasteiger charge is 2.34. The number of hydrogen-bond acceptors (Lipinski definition) is 5. The van der Waals surface area contributed by atoms with E-state index in [0.717, 1.165) is 0 Å². The van der Waals surface area contributed by atoms with Crippen LogP contribution in [0.1, 0.15) is 40.0 Å². The van der Waals surface area contributed by atoms with Crippen LogP contribution in [0.2, 0.25) is 0 Å². The SMILES string of the molecule is CCC(=NOCSC)C1=C(O)CC(C)(C)CC1=O. The number of oxime groups is 1. The topological polar surface area (TPSA) is 58.9 Å². The van der Waals surface area contributed by atoms with Gasteiger partial charge in [0.05, 0.1) is 11.3 Å². The number of thioether (sulfide) groups is 1. The van der Waals surface area contributed by atoms with Gasteiger partial charge in [-0.25, -0.2) is 0 Å². The quantitative estimate of drug-likeness (QED) is 0.361. The van der Waals surface area contributed by atoms with Gasteiger partial charge in [0.1, 0.15) is 5.76 Å². The van der Waals surface area contributed by atoms with Crippen LogP contribution in [0.15, 0.2) is 16.5 Å². The van der Waals surface area contributed by atoms with Gasteiger partial charge in [0.15, 0.2) is 11.7 Å². The molecule has 102 valence electrons. The second-order valence-electron chi connectivity index (χ2n) is 5.19. The highest BCUT2D eigenvalue weighted by atomic mass is 32.2. The molecule has 0 saturated heterocycles. The van der Waals surface area contributed by atoms with Gasteiger partial charge in [0, 0.05) is 12.8 Å². The molecule has 0 bridgehead atoms. The first kappa shape index (κ1) is 15.1. The van der Waals surface area contributed by atoms with Crippen molar-refractivity contribution in [2.24, 2.45) is 10.6 Å². The zero-order valence-corrected chi connectivity index (χ0v) is 12.3. The van der Waals surface area contributed by atoms with E-state index < -0.39 is 0 Å². The van der Waals surface area contributed by atoms with Gasteiger partial charge in [-0.2, -0.15) is 0 Å². The summed E-state index contributed by atoms with van der Waals surface area (Å²) in [5.41, 5.74) is 0.726. The molecule has 0 spiro atoms. The number of Topliss-reactive ketones (excluding diaryl/α,β-unsaturated/α-hetero) is 1. The van der Waals surface area contributed by atoms with Crippen molar-refractivity contribution < 1.29 is 14.7 Å². The fourth-order valence-electron chi connectivity index (χ4n) is 2.06. The third kappa shape index (κ3) is 3.77. The fraction of sp³-hybridized carbons (Fsp3) is 0.692. The number of nitrogens with zero attached hydrogens (tertiary/aromatic N) is 1. The van der Waals surface area contributed by atoms with E-state index >= 15 is 0 Å². The van der Waals surface area contributed by atoms with Crippen LogP contribution in [0.25, 0.3) is 0 Å². The Hall–Kier alpha value is -0.970. The van der Waals surface area contributed by atoms with Crippen molar-refractivity contribution in [1.82, 2.24) is 0 Å². The Labute approximate surface area is 112 Å². The molecule has 0 aliphatic heterocycles. The molecular formula is C13H21NO3S. The van der Waals surface area contributed by atoms with Crippen LogP contribution in [-0.4, -0.2) is 28.8 Å². The molecule has 1 aliphatic carbocycles. The highest BCUT2D eigenvalue weighted by molar-refractivity contribution is 7.98. The van der Waals surface area contributed by atoms with Gasteiger partial charge in [0.2, 0.25) is 0 Å². The van der Waals surface area contributed by atoms with E-state index in [2.05, 4.69) is 5.16 Å². The minimum Gasteiger partial charge on any atom is -0.511 e. The highest BCUT2D eigenvalue weighted by Crippen LogP contribution is 2.36. The minimum atomic E-state index is -0.177. The standard InChI is InChI=1S/C13H21NO3S/c1-5-9(14-17-8-18-4)12-10(15)6-13(2,3)7-11(12)16/h15H,5-8H2,1-4H3. The Morgan fingerprint density at radius 2 is 2.17 bits per heavy atom. The van der Waals surface area contributed by atoms with Crippen molar-refractivity contribution in [1.29, 1.82) is 0 Å². The van der Waals surface area contributed by atoms with E-state index in [1.807, 2.05) is 27.0 Å². The van der Waals surface area contributed by atoms with Crippen molar-refractivity contribution >= 4 is 23.3 Å². The Balaban J connectivity index is 2.97. The van der Waals surface area contributed by atoms with Gasteiger partial charge in [-0.15, -0.1) is 11.8 Å². The lowest BCUT2D eigenvalue weighted by Gasteiger charge is -2.29. The van der Waals surface area contributed by atoms with Crippen LogP contribution in [0, 0.1) is 5.41 Å². The van der Waals surface area contributed by atoms with Crippen LogP contribution in [-0.2, 0) is 9.63 Å². The van der Waals surface area contributed by atoms with E-state index in [1.54, 1.807) is 0 Å². The van der Waals surface area contributed by atoms with Crippen LogP contribution in [0.4, 0.5) is 0 Å². The molecule has 1 N–H and O–H groups in total. The summed E-state index contributed by atoms with van der Waals surface area (Å²) in [5.74, 6) is 0.540. The number of rotatable bonds is 5. The zero-order chi connectivity index (χ0) is 13.8. The van der Waals surface area contributed by atoms with E-state index in [9.17, 15) is 9.90 Å². The van der Waals surface area contributed by atoms with E-state index in [4.69, 9.17) is 4.84 Å². The molecule has 5 heteroatoms. The van der Waals surface area contributed by atoms with Crippen molar-refractivity contribution in [3.63, 3.8) is 0 Å². The predicted octanol–water partition coefficient (Wildman–Crippen LogP) is 3.29. The van der Waals surface area contributed by atoms with Gasteiger partial charge < -0.3 is 9.94 Å². The zero-order valence-electron chi connectivity index (χ0n) is 11.4. The van der Waals surface area contributed by atoms with E-state index in [1.165, 1.54) is 11.8 Å². The van der Waals surface area contributed by atoms with Gasteiger partial charge in [-0.05, 0) is 18.1 Å². The van der Waals surface area contributed by atoms with Crippen LogP contribution >= 0.6 is 11.8 Å². The minimum absolute atomic E-state index is 0.0444. The Kier molecular flexibility index (Phi) is 5.26. The van der Waals surface area contributed by atoms with Gasteiger partial charge in [-0.3, -0.25) is 4.79 Å². The number of allylic oxidation sites excluding steroid dienone is 2. The maximum absolute atomic E-state index is 12.1. The maximum Gasteiger partial charge on any atom is 0.168 e. The lowest BCUT2D eigenvalue weighted by Crippen LogP contribution is -2.29. The fourth-order valence-corrected chi connectivity index (χ4v) is 2.22. The lowest BCUT2D eigenvalue weighted by atomic mass is 9.75. The monoisotopic (exact) mass is 271 g/mol. The number of carbonyl (C=O) groups excluding carboxylic acids is 1. The van der Waals surface area contributed by atoms with Crippen molar-refractivity contribution in [3.05, 3.63) is 11.3 Å². The van der Waals surface area contributed by atoms with E-state index in [-0.39, 0.29) is 17.0 Å². The summed E-state index contributed by atoms with van der Waals surface area (Å²) < 4.78 is 0. The average molecular weight is 271 g/mol. The summed E-state index contributed by atoms with van der Waals surface area (Å²) in [6.45, 7) is 5.85. The molecule has 0 atom stereocenters. The van der Waals surface area contributed by atoms with Crippen LogP contribution in [0.3, 0.4) is 0 Å². The first-order chi connectivity index (χ1) is 8.41. The third-order valence-corrected chi connectivity index (χ3v) is 3.16. The predicted molar refractivity (Wildman–Crippen MR) is 74.9 cm³/mol. The largest absolute Gasteiger partial charge is 0.511 e. The van der Waals surface area contributed by atoms with Gasteiger partial charge in [0.25, 0.3) is 0 Å². The molecule has 1 rings (SSSR count). The molecule has 0 aromatic carbocycles. The second kappa shape index (κ2) is 6.27. The molecule has 0 saturated carbocycles. The summed E-state index contributed by atoms with van der Waals surface area (Å²) in [6.07, 6.45) is 3.43. The average Bonchev–Trinajstić information content (AvgIpc) is 2.24. The lowest BCUT2D eigenvalue weighted by molar-refractivity contribution is -0.118. The summed E-state index contributed by atoms with van der Waals surface area (Å²) in [6, 6.07) is 0. The van der Waals surface area contributed by atoms with Crippen molar-refractivity contribution in [2.45, 2.75) is 40.0 Å². The summed E-state index contributed by atoms with van der Waals surface area (Å²) >= 11 is 1.51. The molecule has 0 fully saturated rings. The van der Waals surface area contributed by atoms with Crippen LogP contribution in [0.5, 0.6) is 0 Å². The molecule has 0 heterocycles. The van der Waals surface area contributed by atoms with E-state index in [0.29, 0.717) is 36.5 Å².